The summed E-state index contributed by atoms with van der Waals surface area (Å²) in [5.41, 5.74) is -0.990. The molecule has 1 atom stereocenters. The van der Waals surface area contributed by atoms with Crippen molar-refractivity contribution in [1.29, 1.82) is 0 Å². The zero-order valence-electron chi connectivity index (χ0n) is 14.9. The lowest BCUT2D eigenvalue weighted by Crippen LogP contribution is -2.45. The van der Waals surface area contributed by atoms with Gasteiger partial charge in [0.15, 0.2) is 0 Å². The second-order valence-corrected chi connectivity index (χ2v) is 7.41. The average molecular weight is 393 g/mol. The second kappa shape index (κ2) is 7.38. The number of hydrogen-bond acceptors (Lipinski definition) is 5. The zero-order valence-corrected chi connectivity index (χ0v) is 15.6. The van der Waals surface area contributed by atoms with Crippen LogP contribution in [0.5, 0.6) is 0 Å². The first-order valence-corrected chi connectivity index (χ1v) is 8.40. The minimum absolute atomic E-state index is 0.110. The summed E-state index contributed by atoms with van der Waals surface area (Å²) in [4.78, 5) is 25.2. The van der Waals surface area contributed by atoms with Gasteiger partial charge in [-0.3, -0.25) is 0 Å². The first kappa shape index (κ1) is 20.4. The van der Waals surface area contributed by atoms with Gasteiger partial charge in [0, 0.05) is 37.3 Å². The summed E-state index contributed by atoms with van der Waals surface area (Å²) in [6.07, 6.45) is -3.95. The molecule has 0 spiro atoms. The largest absolute Gasteiger partial charge is 0.444 e. The third-order valence-electron chi connectivity index (χ3n) is 3.63. The van der Waals surface area contributed by atoms with Gasteiger partial charge in [-0.25, -0.2) is 14.8 Å². The number of carbonyl (C=O) groups is 1. The second-order valence-electron chi connectivity index (χ2n) is 7.05. The molecule has 2 rings (SSSR count). The van der Waals surface area contributed by atoms with Gasteiger partial charge in [-0.1, -0.05) is 18.5 Å². The summed E-state index contributed by atoms with van der Waals surface area (Å²) >= 11 is 5.58. The average Bonchev–Trinajstić information content (AvgIpc) is 2.46. The van der Waals surface area contributed by atoms with Crippen LogP contribution in [0, 0.1) is 5.92 Å². The Labute approximate surface area is 154 Å². The van der Waals surface area contributed by atoms with Crippen molar-refractivity contribution < 1.29 is 22.7 Å². The number of hydrogen-bond donors (Lipinski definition) is 0. The van der Waals surface area contributed by atoms with Gasteiger partial charge in [-0.2, -0.15) is 18.2 Å². The highest BCUT2D eigenvalue weighted by atomic mass is 35.5. The number of aromatic nitrogens is 2. The summed E-state index contributed by atoms with van der Waals surface area (Å²) in [7, 11) is 0. The van der Waals surface area contributed by atoms with Crippen LogP contribution in [-0.2, 0) is 10.9 Å². The van der Waals surface area contributed by atoms with E-state index in [9.17, 15) is 18.0 Å². The van der Waals surface area contributed by atoms with Crippen LogP contribution in [0.25, 0.3) is 0 Å². The number of rotatable bonds is 1. The Bertz CT molecular complexity index is 716. The van der Waals surface area contributed by atoms with E-state index in [0.29, 0.717) is 31.4 Å². The highest BCUT2D eigenvalue weighted by molar-refractivity contribution is 6.30. The summed E-state index contributed by atoms with van der Waals surface area (Å²) < 4.78 is 43.4. The van der Waals surface area contributed by atoms with Gasteiger partial charge in [-0.05, 0) is 20.8 Å². The molecule has 0 unspecified atom stereocenters. The molecule has 1 aliphatic rings. The van der Waals surface area contributed by atoms with Crippen LogP contribution >= 0.6 is 11.6 Å². The molecule has 6 nitrogen and oxygen atoms in total. The highest BCUT2D eigenvalue weighted by Gasteiger charge is 2.35. The van der Waals surface area contributed by atoms with Crippen molar-refractivity contribution in [2.75, 3.05) is 13.1 Å². The van der Waals surface area contributed by atoms with Crippen molar-refractivity contribution in [1.82, 2.24) is 14.9 Å². The molecule has 1 fully saturated rings. The summed E-state index contributed by atoms with van der Waals surface area (Å²) in [5, 5.41) is -0.689. The van der Waals surface area contributed by atoms with Crippen molar-refractivity contribution in [2.24, 2.45) is 10.9 Å². The molecule has 0 N–H and O–H groups in total. The normalized spacial score (nSPS) is 20.4. The van der Waals surface area contributed by atoms with Crippen molar-refractivity contribution in [2.45, 2.75) is 45.9 Å². The Morgan fingerprint density at radius 2 is 2.04 bits per heavy atom. The topological polar surface area (TPSA) is 67.7 Å². The first-order valence-electron chi connectivity index (χ1n) is 8.02. The molecule has 2 heterocycles. The molecule has 26 heavy (non-hydrogen) atoms. The molecule has 0 aliphatic carbocycles. The number of halogens is 4. The standard InChI is InChI=1S/C16H20ClF3N4O2/c1-9-8-24(14(25)26-15(2,3)4)6-5-11(9)22-13-21-7-10(12(17)23-13)16(18,19)20/h7,9H,5-6,8H2,1-4H3/b22-11+/t9-/m1/s1. The van der Waals surface area contributed by atoms with Crippen molar-refractivity contribution in [3.63, 3.8) is 0 Å². The number of carbonyl (C=O) groups excluding carboxylic acids is 1. The molecule has 0 bridgehead atoms. The van der Waals surface area contributed by atoms with E-state index in [4.69, 9.17) is 16.3 Å². The maximum atomic E-state index is 12.7. The van der Waals surface area contributed by atoms with E-state index in [0.717, 1.165) is 0 Å². The SMILES string of the molecule is C[C@@H]1CN(C(=O)OC(C)(C)C)CC/C1=N\c1ncc(C(F)(F)F)c(Cl)n1. The first-order chi connectivity index (χ1) is 11.9. The van der Waals surface area contributed by atoms with Crippen LogP contribution in [0.3, 0.4) is 0 Å². The van der Waals surface area contributed by atoms with Crippen LogP contribution in [0.4, 0.5) is 23.9 Å². The highest BCUT2D eigenvalue weighted by Crippen LogP contribution is 2.33. The van der Waals surface area contributed by atoms with E-state index >= 15 is 0 Å². The van der Waals surface area contributed by atoms with Crippen LogP contribution in [0.15, 0.2) is 11.2 Å². The molecule has 144 valence electrons. The lowest BCUT2D eigenvalue weighted by Gasteiger charge is -2.33. The summed E-state index contributed by atoms with van der Waals surface area (Å²) in [6.45, 7) is 8.01. The molecule has 10 heteroatoms. The van der Waals surface area contributed by atoms with E-state index < -0.39 is 28.6 Å². The Balaban J connectivity index is 2.10. The molecule has 1 amide bonds. The quantitative estimate of drug-likeness (QED) is 0.660. The minimum Gasteiger partial charge on any atom is -0.444 e. The molecular weight excluding hydrogens is 373 g/mol. The van der Waals surface area contributed by atoms with E-state index in [-0.39, 0.29) is 11.9 Å². The van der Waals surface area contributed by atoms with Crippen LogP contribution in [0.2, 0.25) is 5.15 Å². The van der Waals surface area contributed by atoms with E-state index in [2.05, 4.69) is 15.0 Å². The number of piperidine rings is 1. The van der Waals surface area contributed by atoms with Crippen LogP contribution in [0.1, 0.15) is 39.7 Å². The monoisotopic (exact) mass is 392 g/mol. The van der Waals surface area contributed by atoms with Gasteiger partial charge < -0.3 is 9.64 Å². The number of ether oxygens (including phenoxy) is 1. The van der Waals surface area contributed by atoms with Crippen molar-refractivity contribution in [3.8, 4) is 0 Å². The van der Waals surface area contributed by atoms with Gasteiger partial charge in [0.2, 0.25) is 0 Å². The van der Waals surface area contributed by atoms with E-state index in [1.165, 1.54) is 0 Å². The van der Waals surface area contributed by atoms with E-state index in [1.807, 2.05) is 6.92 Å². The number of amides is 1. The van der Waals surface area contributed by atoms with Crippen molar-refractivity contribution in [3.05, 3.63) is 16.9 Å². The fourth-order valence-electron chi connectivity index (χ4n) is 2.41. The number of aliphatic imine (C=N–C) groups is 1. The van der Waals surface area contributed by atoms with Crippen LogP contribution < -0.4 is 0 Å². The number of likely N-dealkylation sites (tertiary alicyclic amines) is 1. The molecule has 1 aliphatic heterocycles. The van der Waals surface area contributed by atoms with Gasteiger partial charge in [0.05, 0.1) is 0 Å². The smallest absolute Gasteiger partial charge is 0.420 e. The van der Waals surface area contributed by atoms with Gasteiger partial charge >= 0.3 is 12.3 Å². The van der Waals surface area contributed by atoms with Crippen molar-refractivity contribution >= 4 is 29.4 Å². The minimum atomic E-state index is -4.62. The summed E-state index contributed by atoms with van der Waals surface area (Å²) in [5.74, 6) is -0.239. The van der Waals surface area contributed by atoms with Gasteiger partial charge in [0.25, 0.3) is 5.95 Å². The predicted molar refractivity (Wildman–Crippen MR) is 90.7 cm³/mol. The zero-order chi connectivity index (χ0) is 19.7. The molecule has 0 radical (unpaired) electrons. The third-order valence-corrected chi connectivity index (χ3v) is 3.92. The third kappa shape index (κ3) is 5.30. The Kier molecular flexibility index (Phi) is 5.79. The molecule has 1 aromatic rings. The fourth-order valence-corrected chi connectivity index (χ4v) is 2.64. The predicted octanol–water partition coefficient (Wildman–Crippen LogP) is 4.50. The maximum absolute atomic E-state index is 12.7. The fraction of sp³-hybridized carbons (Fsp3) is 0.625. The lowest BCUT2D eigenvalue weighted by atomic mass is 9.98. The molecule has 0 aromatic carbocycles. The molecule has 1 aromatic heterocycles. The Morgan fingerprint density at radius 1 is 1.38 bits per heavy atom. The van der Waals surface area contributed by atoms with Gasteiger partial charge in [0.1, 0.15) is 16.3 Å². The number of nitrogens with zero attached hydrogens (tertiary/aromatic N) is 4. The van der Waals surface area contributed by atoms with Crippen LogP contribution in [-0.4, -0.2) is 45.4 Å². The molecule has 0 saturated carbocycles. The number of alkyl halides is 3. The molecular formula is C16H20ClF3N4O2. The van der Waals surface area contributed by atoms with E-state index in [1.54, 1.807) is 25.7 Å². The Hall–Kier alpha value is -1.90. The summed E-state index contributed by atoms with van der Waals surface area (Å²) in [6, 6.07) is 0. The maximum Gasteiger partial charge on any atom is 0.420 e. The molecule has 1 saturated heterocycles. The lowest BCUT2D eigenvalue weighted by molar-refractivity contribution is -0.137. The van der Waals surface area contributed by atoms with Gasteiger partial charge in [-0.15, -0.1) is 0 Å². The Morgan fingerprint density at radius 3 is 2.54 bits per heavy atom.